The number of aryl methyl sites for hydroxylation is 1. The van der Waals surface area contributed by atoms with Gasteiger partial charge in [-0.05, 0) is 65.0 Å². The molecule has 0 saturated carbocycles. The van der Waals surface area contributed by atoms with Gasteiger partial charge in [-0.1, -0.05) is 38.1 Å². The monoisotopic (exact) mass is 351 g/mol. The van der Waals surface area contributed by atoms with Crippen molar-refractivity contribution >= 4 is 27.3 Å². The molecule has 0 aliphatic rings. The Morgan fingerprint density at radius 2 is 1.85 bits per heavy atom. The highest BCUT2D eigenvalue weighted by Gasteiger charge is 2.14. The molecule has 3 heteroatoms. The summed E-state index contributed by atoms with van der Waals surface area (Å²) in [5.41, 5.74) is 4.11. The molecule has 0 saturated heterocycles. The van der Waals surface area contributed by atoms with Crippen LogP contribution in [0, 0.1) is 6.92 Å². The lowest BCUT2D eigenvalue weighted by Crippen LogP contribution is -2.17. The fourth-order valence-electron chi connectivity index (χ4n) is 2.27. The van der Waals surface area contributed by atoms with Gasteiger partial charge in [0.2, 0.25) is 0 Å². The zero-order valence-electron chi connectivity index (χ0n) is 12.5. The molecule has 1 heterocycles. The van der Waals surface area contributed by atoms with E-state index in [0.717, 1.165) is 6.42 Å². The molecule has 1 aromatic heterocycles. The van der Waals surface area contributed by atoms with Crippen LogP contribution < -0.4 is 5.32 Å². The van der Waals surface area contributed by atoms with E-state index in [1.54, 1.807) is 0 Å². The third-order valence-electron chi connectivity index (χ3n) is 3.65. The first-order valence-electron chi connectivity index (χ1n) is 7.03. The van der Waals surface area contributed by atoms with Gasteiger partial charge in [-0.3, -0.25) is 0 Å². The van der Waals surface area contributed by atoms with Gasteiger partial charge in [0.05, 0.1) is 3.79 Å². The maximum absolute atomic E-state index is 3.62. The van der Waals surface area contributed by atoms with Crippen molar-refractivity contribution in [3.8, 4) is 0 Å². The molecule has 0 bridgehead atoms. The van der Waals surface area contributed by atoms with Crippen molar-refractivity contribution < 1.29 is 0 Å². The molecule has 1 unspecified atom stereocenters. The van der Waals surface area contributed by atoms with Crippen LogP contribution in [0.5, 0.6) is 0 Å². The third-order valence-corrected chi connectivity index (χ3v) is 5.90. The Bertz CT molecular complexity index is 537. The van der Waals surface area contributed by atoms with Crippen molar-refractivity contribution in [1.82, 2.24) is 5.32 Å². The van der Waals surface area contributed by atoms with E-state index in [-0.39, 0.29) is 0 Å². The molecule has 2 aromatic rings. The van der Waals surface area contributed by atoms with Crippen molar-refractivity contribution in [2.75, 3.05) is 7.05 Å². The number of thiophene rings is 1. The minimum atomic E-state index is 0.384. The predicted octanol–water partition coefficient (Wildman–Crippen LogP) is 5.45. The van der Waals surface area contributed by atoms with Gasteiger partial charge in [0.15, 0.2) is 0 Å². The van der Waals surface area contributed by atoms with E-state index in [2.05, 4.69) is 72.3 Å². The van der Waals surface area contributed by atoms with Crippen LogP contribution in [0.1, 0.15) is 47.4 Å². The van der Waals surface area contributed by atoms with E-state index in [1.165, 1.54) is 25.4 Å². The van der Waals surface area contributed by atoms with E-state index in [9.17, 15) is 0 Å². The molecule has 0 amide bonds. The van der Waals surface area contributed by atoms with Gasteiger partial charge < -0.3 is 5.32 Å². The Morgan fingerprint density at radius 1 is 1.20 bits per heavy atom. The van der Waals surface area contributed by atoms with Crippen LogP contribution in [0.3, 0.4) is 0 Å². The van der Waals surface area contributed by atoms with Gasteiger partial charge in [0, 0.05) is 10.9 Å². The van der Waals surface area contributed by atoms with Crippen molar-refractivity contribution in [3.63, 3.8) is 0 Å². The van der Waals surface area contributed by atoms with Gasteiger partial charge in [-0.2, -0.15) is 0 Å². The Hall–Kier alpha value is -0.640. The summed E-state index contributed by atoms with van der Waals surface area (Å²) in [6.07, 6.45) is 1.03. The van der Waals surface area contributed by atoms with E-state index < -0.39 is 0 Å². The number of likely N-dealkylation sites (N-methyl/N-ethyl adjacent to an activating group) is 1. The van der Waals surface area contributed by atoms with Crippen molar-refractivity contribution in [3.05, 3.63) is 55.7 Å². The lowest BCUT2D eigenvalue weighted by atomic mass is 9.98. The molecule has 0 radical (unpaired) electrons. The fraction of sp³-hybridized carbons (Fsp3) is 0.412. The molecule has 1 atom stereocenters. The number of nitrogens with one attached hydrogen (secondary N) is 1. The van der Waals surface area contributed by atoms with Crippen LogP contribution >= 0.6 is 27.3 Å². The summed E-state index contributed by atoms with van der Waals surface area (Å²) >= 11 is 5.44. The second-order valence-electron chi connectivity index (χ2n) is 5.55. The summed E-state index contributed by atoms with van der Waals surface area (Å²) in [4.78, 5) is 1.39. The van der Waals surface area contributed by atoms with Crippen LogP contribution in [-0.4, -0.2) is 7.05 Å². The standard InChI is InChI=1S/C17H22BrNS/c1-11(2)14-7-5-13(6-8-14)10-15(19-4)16-9-12(3)17(18)20-16/h5-9,11,15,19H,10H2,1-4H3. The first-order chi connectivity index (χ1) is 9.51. The molecule has 0 aliphatic heterocycles. The first kappa shape index (κ1) is 15.7. The Kier molecular flexibility index (Phi) is 5.42. The maximum Gasteiger partial charge on any atom is 0.0731 e. The highest BCUT2D eigenvalue weighted by molar-refractivity contribution is 9.11. The molecule has 1 N–H and O–H groups in total. The molecule has 0 spiro atoms. The lowest BCUT2D eigenvalue weighted by molar-refractivity contribution is 0.602. The van der Waals surface area contributed by atoms with Gasteiger partial charge in [-0.25, -0.2) is 0 Å². The predicted molar refractivity (Wildman–Crippen MR) is 92.8 cm³/mol. The average Bonchev–Trinajstić information content (AvgIpc) is 2.76. The van der Waals surface area contributed by atoms with Gasteiger partial charge in [-0.15, -0.1) is 11.3 Å². The van der Waals surface area contributed by atoms with Crippen LogP contribution in [0.15, 0.2) is 34.1 Å². The molecular formula is C17H22BrNS. The number of hydrogen-bond donors (Lipinski definition) is 1. The largest absolute Gasteiger partial charge is 0.312 e. The van der Waals surface area contributed by atoms with Gasteiger partial charge in [0.25, 0.3) is 0 Å². The third kappa shape index (κ3) is 3.72. The molecule has 0 fully saturated rings. The number of hydrogen-bond acceptors (Lipinski definition) is 2. The molecule has 1 aromatic carbocycles. The maximum atomic E-state index is 3.62. The fourth-order valence-corrected chi connectivity index (χ4v) is 3.96. The van der Waals surface area contributed by atoms with E-state index in [0.29, 0.717) is 12.0 Å². The molecule has 0 aliphatic carbocycles. The van der Waals surface area contributed by atoms with Crippen LogP contribution in [0.2, 0.25) is 0 Å². The zero-order valence-corrected chi connectivity index (χ0v) is 14.9. The van der Waals surface area contributed by atoms with E-state index >= 15 is 0 Å². The topological polar surface area (TPSA) is 12.0 Å². The average molecular weight is 352 g/mol. The number of rotatable bonds is 5. The second-order valence-corrected chi connectivity index (χ2v) is 7.95. The SMILES string of the molecule is CNC(Cc1ccc(C(C)C)cc1)c1cc(C)c(Br)s1. The van der Waals surface area contributed by atoms with E-state index in [4.69, 9.17) is 0 Å². The smallest absolute Gasteiger partial charge is 0.0731 e. The lowest BCUT2D eigenvalue weighted by Gasteiger charge is -2.15. The quantitative estimate of drug-likeness (QED) is 0.755. The summed E-state index contributed by atoms with van der Waals surface area (Å²) < 4.78 is 1.24. The summed E-state index contributed by atoms with van der Waals surface area (Å²) in [6.45, 7) is 6.61. The molecule has 108 valence electrons. The van der Waals surface area contributed by atoms with Crippen LogP contribution in [0.4, 0.5) is 0 Å². The summed E-state index contributed by atoms with van der Waals surface area (Å²) in [7, 11) is 2.04. The first-order valence-corrected chi connectivity index (χ1v) is 8.64. The molecular weight excluding hydrogens is 330 g/mol. The minimum absolute atomic E-state index is 0.384. The summed E-state index contributed by atoms with van der Waals surface area (Å²) in [5.74, 6) is 0.597. The Morgan fingerprint density at radius 3 is 2.30 bits per heavy atom. The van der Waals surface area contributed by atoms with Gasteiger partial charge in [0.1, 0.15) is 0 Å². The highest BCUT2D eigenvalue weighted by atomic mass is 79.9. The van der Waals surface area contributed by atoms with E-state index in [1.807, 2.05) is 18.4 Å². The number of halogens is 1. The van der Waals surface area contributed by atoms with Crippen molar-refractivity contribution in [2.24, 2.45) is 0 Å². The molecule has 2 rings (SSSR count). The highest BCUT2D eigenvalue weighted by Crippen LogP contribution is 2.32. The van der Waals surface area contributed by atoms with Crippen LogP contribution in [0.25, 0.3) is 0 Å². The Balaban J connectivity index is 2.13. The summed E-state index contributed by atoms with van der Waals surface area (Å²) in [6, 6.07) is 11.7. The molecule has 1 nitrogen and oxygen atoms in total. The van der Waals surface area contributed by atoms with Crippen LogP contribution in [-0.2, 0) is 6.42 Å². The van der Waals surface area contributed by atoms with Crippen molar-refractivity contribution in [1.29, 1.82) is 0 Å². The van der Waals surface area contributed by atoms with Gasteiger partial charge >= 0.3 is 0 Å². The van der Waals surface area contributed by atoms with Crippen molar-refractivity contribution in [2.45, 2.75) is 39.2 Å². The normalized spacial score (nSPS) is 12.9. The molecule has 20 heavy (non-hydrogen) atoms. The minimum Gasteiger partial charge on any atom is -0.312 e. The second kappa shape index (κ2) is 6.88. The summed E-state index contributed by atoms with van der Waals surface area (Å²) in [5, 5.41) is 3.43. The number of benzene rings is 1. The zero-order chi connectivity index (χ0) is 14.7. The Labute approximate surface area is 134 Å².